The number of carbonyl (C=O) groups excluding carboxylic acids is 2. The molecular formula is C20H26N4O2. The molecule has 0 saturated carbocycles. The number of urea groups is 1. The lowest BCUT2D eigenvalue weighted by Gasteiger charge is -2.25. The van der Waals surface area contributed by atoms with Gasteiger partial charge < -0.3 is 11.1 Å². The van der Waals surface area contributed by atoms with Gasteiger partial charge in [-0.1, -0.05) is 47.5 Å². The lowest BCUT2D eigenvalue weighted by atomic mass is 10.0. The van der Waals surface area contributed by atoms with Crippen molar-refractivity contribution in [2.45, 2.75) is 33.2 Å². The van der Waals surface area contributed by atoms with Crippen LogP contribution in [0.5, 0.6) is 0 Å². The highest BCUT2D eigenvalue weighted by Gasteiger charge is 2.19. The summed E-state index contributed by atoms with van der Waals surface area (Å²) in [7, 11) is 0. The van der Waals surface area contributed by atoms with Crippen LogP contribution in [0, 0.1) is 13.8 Å². The predicted molar refractivity (Wildman–Crippen MR) is 104 cm³/mol. The Kier molecular flexibility index (Phi) is 6.60. The minimum atomic E-state index is -0.657. The molecule has 2 aromatic rings. The summed E-state index contributed by atoms with van der Waals surface area (Å²) in [4.78, 5) is 23.9. The molecule has 0 spiro atoms. The zero-order valence-electron chi connectivity index (χ0n) is 15.5. The summed E-state index contributed by atoms with van der Waals surface area (Å²) in [6.07, 6.45) is 0.0920. The van der Waals surface area contributed by atoms with Crippen molar-refractivity contribution in [1.29, 1.82) is 0 Å². The Morgan fingerprint density at radius 3 is 2.35 bits per heavy atom. The second kappa shape index (κ2) is 8.89. The number of amides is 3. The second-order valence-electron chi connectivity index (χ2n) is 6.29. The van der Waals surface area contributed by atoms with Crippen LogP contribution in [0.1, 0.15) is 36.1 Å². The molecule has 2 rings (SSSR count). The number of primary amides is 1. The van der Waals surface area contributed by atoms with Crippen molar-refractivity contribution in [2.75, 3.05) is 11.6 Å². The summed E-state index contributed by atoms with van der Waals surface area (Å²) < 4.78 is 0. The summed E-state index contributed by atoms with van der Waals surface area (Å²) >= 11 is 0. The maximum Gasteiger partial charge on any atom is 0.312 e. The van der Waals surface area contributed by atoms with Gasteiger partial charge in [-0.2, -0.15) is 0 Å². The Morgan fingerprint density at radius 1 is 1.08 bits per heavy atom. The van der Waals surface area contributed by atoms with Crippen LogP contribution >= 0.6 is 0 Å². The third-order valence-electron chi connectivity index (χ3n) is 4.07. The quantitative estimate of drug-likeness (QED) is 0.668. The first-order valence-corrected chi connectivity index (χ1v) is 8.65. The fourth-order valence-corrected chi connectivity index (χ4v) is 2.74. The number of anilines is 1. The van der Waals surface area contributed by atoms with E-state index < -0.39 is 12.1 Å². The molecule has 2 aromatic carbocycles. The number of nitrogens with one attached hydrogen (secondary N) is 2. The van der Waals surface area contributed by atoms with Crippen molar-refractivity contribution in [3.63, 3.8) is 0 Å². The fraction of sp³-hybridized carbons (Fsp3) is 0.300. The molecule has 0 radical (unpaired) electrons. The minimum absolute atomic E-state index is 0.0920. The third-order valence-corrected chi connectivity index (χ3v) is 4.07. The largest absolute Gasteiger partial charge is 0.352 e. The van der Waals surface area contributed by atoms with E-state index in [1.54, 1.807) is 5.01 Å². The molecule has 4 N–H and O–H groups in total. The summed E-state index contributed by atoms with van der Waals surface area (Å²) in [6, 6.07) is 14.4. The van der Waals surface area contributed by atoms with Gasteiger partial charge in [-0.25, -0.2) is 4.79 Å². The van der Waals surface area contributed by atoms with E-state index >= 15 is 0 Å². The summed E-state index contributed by atoms with van der Waals surface area (Å²) in [5.41, 5.74) is 12.1. The monoisotopic (exact) mass is 354 g/mol. The van der Waals surface area contributed by atoms with Gasteiger partial charge in [-0.15, -0.1) is 0 Å². The second-order valence-corrected chi connectivity index (χ2v) is 6.29. The van der Waals surface area contributed by atoms with Gasteiger partial charge in [-0.3, -0.25) is 15.2 Å². The highest BCUT2D eigenvalue weighted by Crippen LogP contribution is 2.19. The predicted octanol–water partition coefficient (Wildman–Crippen LogP) is 2.96. The number of benzene rings is 2. The van der Waals surface area contributed by atoms with Gasteiger partial charge in [0.15, 0.2) is 0 Å². The number of hydrogen-bond acceptors (Lipinski definition) is 3. The standard InChI is InChI=1S/C20H26N4O2/c1-4-24(17-10-8-14(2)9-11-17)23-19(25)13-18(22-20(21)26)16-7-5-6-15(3)12-16/h5-12,18H,4,13H2,1-3H3,(H,23,25)(H3,21,22,26). The van der Waals surface area contributed by atoms with E-state index in [-0.39, 0.29) is 12.3 Å². The van der Waals surface area contributed by atoms with Gasteiger partial charge in [0.25, 0.3) is 0 Å². The average Bonchev–Trinajstić information content (AvgIpc) is 2.59. The van der Waals surface area contributed by atoms with Crippen LogP contribution in [0.15, 0.2) is 48.5 Å². The molecule has 0 aliphatic heterocycles. The van der Waals surface area contributed by atoms with Gasteiger partial charge in [-0.05, 0) is 38.5 Å². The Bertz CT molecular complexity index is 759. The number of nitrogens with two attached hydrogens (primary N) is 1. The van der Waals surface area contributed by atoms with Crippen molar-refractivity contribution < 1.29 is 9.59 Å². The summed E-state index contributed by atoms with van der Waals surface area (Å²) in [5, 5.41) is 4.43. The normalized spacial score (nSPS) is 11.5. The third kappa shape index (κ3) is 5.51. The number of hydrogen-bond donors (Lipinski definition) is 3. The Hall–Kier alpha value is -3.02. The topological polar surface area (TPSA) is 87.5 Å². The molecule has 0 saturated heterocycles. The van der Waals surface area contributed by atoms with Crippen LogP contribution < -0.4 is 21.5 Å². The first kappa shape index (κ1) is 19.3. The molecule has 6 heteroatoms. The van der Waals surface area contributed by atoms with Crippen molar-refractivity contribution >= 4 is 17.6 Å². The zero-order chi connectivity index (χ0) is 19.1. The molecule has 26 heavy (non-hydrogen) atoms. The summed E-state index contributed by atoms with van der Waals surface area (Å²) in [6.45, 7) is 6.55. The first-order chi connectivity index (χ1) is 12.4. The Morgan fingerprint density at radius 2 is 1.77 bits per heavy atom. The van der Waals surface area contributed by atoms with E-state index in [1.807, 2.05) is 69.3 Å². The van der Waals surface area contributed by atoms with Gasteiger partial charge in [0.2, 0.25) is 5.91 Å². The first-order valence-electron chi connectivity index (χ1n) is 8.65. The van der Waals surface area contributed by atoms with E-state index in [1.165, 1.54) is 0 Å². The maximum atomic E-state index is 12.6. The van der Waals surface area contributed by atoms with Crippen molar-refractivity contribution in [3.8, 4) is 0 Å². The van der Waals surface area contributed by atoms with Crippen molar-refractivity contribution in [2.24, 2.45) is 5.73 Å². The van der Waals surface area contributed by atoms with Crippen LogP contribution in [-0.4, -0.2) is 18.5 Å². The van der Waals surface area contributed by atoms with Crippen molar-refractivity contribution in [1.82, 2.24) is 10.7 Å². The maximum absolute atomic E-state index is 12.6. The molecule has 0 heterocycles. The van der Waals surface area contributed by atoms with Gasteiger partial charge in [0, 0.05) is 6.54 Å². The smallest absolute Gasteiger partial charge is 0.312 e. The molecular weight excluding hydrogens is 328 g/mol. The van der Waals surface area contributed by atoms with Crippen molar-refractivity contribution in [3.05, 3.63) is 65.2 Å². The molecule has 0 fully saturated rings. The van der Waals surface area contributed by atoms with E-state index in [0.29, 0.717) is 6.54 Å². The summed E-state index contributed by atoms with van der Waals surface area (Å²) in [5.74, 6) is -0.201. The number of nitrogens with zero attached hydrogens (tertiary/aromatic N) is 1. The van der Waals surface area contributed by atoms with E-state index in [2.05, 4.69) is 10.7 Å². The SMILES string of the molecule is CCN(NC(=O)CC(NC(N)=O)c1cccc(C)c1)c1ccc(C)cc1. The molecule has 0 aliphatic rings. The molecule has 0 bridgehead atoms. The molecule has 1 unspecified atom stereocenters. The number of rotatable bonds is 7. The molecule has 0 aromatic heterocycles. The van der Waals surface area contributed by atoms with Gasteiger partial charge in [0.1, 0.15) is 0 Å². The van der Waals surface area contributed by atoms with Crippen LogP contribution in [0.3, 0.4) is 0 Å². The van der Waals surface area contributed by atoms with E-state index in [0.717, 1.165) is 22.4 Å². The Labute approximate surface area is 154 Å². The molecule has 6 nitrogen and oxygen atoms in total. The van der Waals surface area contributed by atoms with Gasteiger partial charge in [0.05, 0.1) is 18.2 Å². The zero-order valence-corrected chi connectivity index (χ0v) is 15.5. The molecule has 1 atom stereocenters. The molecule has 0 aliphatic carbocycles. The number of carbonyl (C=O) groups is 2. The van der Waals surface area contributed by atoms with Crippen LogP contribution in [-0.2, 0) is 4.79 Å². The van der Waals surface area contributed by atoms with E-state index in [4.69, 9.17) is 5.73 Å². The highest BCUT2D eigenvalue weighted by molar-refractivity contribution is 5.80. The molecule has 3 amide bonds. The lowest BCUT2D eigenvalue weighted by Crippen LogP contribution is -2.44. The fourth-order valence-electron chi connectivity index (χ4n) is 2.74. The van der Waals surface area contributed by atoms with E-state index in [9.17, 15) is 9.59 Å². The van der Waals surface area contributed by atoms with Crippen LogP contribution in [0.2, 0.25) is 0 Å². The van der Waals surface area contributed by atoms with Crippen LogP contribution in [0.4, 0.5) is 10.5 Å². The van der Waals surface area contributed by atoms with Crippen LogP contribution in [0.25, 0.3) is 0 Å². The minimum Gasteiger partial charge on any atom is -0.352 e. The average molecular weight is 354 g/mol. The highest BCUT2D eigenvalue weighted by atomic mass is 16.2. The number of hydrazine groups is 1. The lowest BCUT2D eigenvalue weighted by molar-refractivity contribution is -0.121. The Balaban J connectivity index is 2.10. The molecule has 138 valence electrons. The van der Waals surface area contributed by atoms with Gasteiger partial charge >= 0.3 is 6.03 Å². The number of aryl methyl sites for hydroxylation is 2.